The Morgan fingerprint density at radius 1 is 1.29 bits per heavy atom. The fourth-order valence-electron chi connectivity index (χ4n) is 1.26. The smallest absolute Gasteiger partial charge is 0.253 e. The van der Waals surface area contributed by atoms with Gasteiger partial charge in [0.15, 0.2) is 0 Å². The first kappa shape index (κ1) is 8.68. The Balaban J connectivity index is 2.52. The lowest BCUT2D eigenvalue weighted by Gasteiger charge is -2.03. The molecule has 0 aliphatic carbocycles. The van der Waals surface area contributed by atoms with Crippen LogP contribution >= 0.6 is 0 Å². The van der Waals surface area contributed by atoms with Crippen molar-refractivity contribution in [2.45, 2.75) is 0 Å². The lowest BCUT2D eigenvalue weighted by molar-refractivity contribution is -0.115. The lowest BCUT2D eigenvalue weighted by atomic mass is 10.1. The highest BCUT2D eigenvalue weighted by Crippen LogP contribution is 2.18. The lowest BCUT2D eigenvalue weighted by Crippen LogP contribution is -2.28. The fraction of sp³-hybridized carbons (Fsp3) is 0.111. The Hall–Kier alpha value is -1.91. The van der Waals surface area contributed by atoms with E-state index in [9.17, 15) is 14.0 Å². The summed E-state index contributed by atoms with van der Waals surface area (Å²) in [7, 11) is 0. The second kappa shape index (κ2) is 3.10. The molecule has 0 aromatic heterocycles. The molecule has 1 aromatic carbocycles. The van der Waals surface area contributed by atoms with E-state index in [-0.39, 0.29) is 18.0 Å². The standard InChI is InChI=1S/C9H7FN2O2/c10-5-1-2-7-6(3-5)9(14)11-4-8(13)12-7/h1-3H,4H2,(H,11,14)(H,12,13). The van der Waals surface area contributed by atoms with E-state index in [2.05, 4.69) is 10.6 Å². The Morgan fingerprint density at radius 2 is 2.07 bits per heavy atom. The van der Waals surface area contributed by atoms with Crippen LogP contribution < -0.4 is 10.6 Å². The Bertz CT molecular complexity index is 417. The largest absolute Gasteiger partial charge is 0.343 e. The van der Waals surface area contributed by atoms with Gasteiger partial charge in [-0.2, -0.15) is 0 Å². The first-order chi connectivity index (χ1) is 6.66. The fourth-order valence-corrected chi connectivity index (χ4v) is 1.26. The number of hydrogen-bond donors (Lipinski definition) is 2. The summed E-state index contributed by atoms with van der Waals surface area (Å²) in [4.78, 5) is 22.4. The van der Waals surface area contributed by atoms with Crippen molar-refractivity contribution < 1.29 is 14.0 Å². The quantitative estimate of drug-likeness (QED) is 0.632. The summed E-state index contributed by atoms with van der Waals surface area (Å²) in [6.07, 6.45) is 0. The average molecular weight is 194 g/mol. The van der Waals surface area contributed by atoms with Crippen LogP contribution in [0.1, 0.15) is 10.4 Å². The van der Waals surface area contributed by atoms with Gasteiger partial charge in [0.1, 0.15) is 5.82 Å². The zero-order chi connectivity index (χ0) is 10.1. The molecule has 2 rings (SSSR count). The molecule has 1 aromatic rings. The summed E-state index contributed by atoms with van der Waals surface area (Å²) in [5.74, 6) is -1.27. The van der Waals surface area contributed by atoms with Crippen LogP contribution in [-0.4, -0.2) is 18.4 Å². The van der Waals surface area contributed by atoms with Crippen LogP contribution in [0.15, 0.2) is 18.2 Å². The number of carbonyl (C=O) groups is 2. The molecule has 1 aliphatic rings. The SMILES string of the molecule is O=C1CNC(=O)c2cc(F)ccc2N1. The molecule has 0 radical (unpaired) electrons. The first-order valence-electron chi connectivity index (χ1n) is 4.04. The van der Waals surface area contributed by atoms with E-state index in [0.717, 1.165) is 6.07 Å². The molecular weight excluding hydrogens is 187 g/mol. The Labute approximate surface area is 79.1 Å². The van der Waals surface area contributed by atoms with Crippen molar-refractivity contribution >= 4 is 17.5 Å². The van der Waals surface area contributed by atoms with Gasteiger partial charge in [-0.15, -0.1) is 0 Å². The third-order valence-electron chi connectivity index (χ3n) is 1.91. The summed E-state index contributed by atoms with van der Waals surface area (Å²) in [6.45, 7) is -0.0882. The van der Waals surface area contributed by atoms with E-state index >= 15 is 0 Å². The van der Waals surface area contributed by atoms with Crippen molar-refractivity contribution in [2.24, 2.45) is 0 Å². The molecule has 0 unspecified atom stereocenters. The van der Waals surface area contributed by atoms with Crippen LogP contribution in [0.3, 0.4) is 0 Å². The van der Waals surface area contributed by atoms with Crippen LogP contribution in [0.2, 0.25) is 0 Å². The van der Waals surface area contributed by atoms with Crippen LogP contribution in [0, 0.1) is 5.82 Å². The van der Waals surface area contributed by atoms with Crippen molar-refractivity contribution in [3.8, 4) is 0 Å². The molecule has 2 N–H and O–H groups in total. The first-order valence-corrected chi connectivity index (χ1v) is 4.04. The number of nitrogens with one attached hydrogen (secondary N) is 2. The van der Waals surface area contributed by atoms with Gasteiger partial charge >= 0.3 is 0 Å². The summed E-state index contributed by atoms with van der Waals surface area (Å²) >= 11 is 0. The molecule has 1 aliphatic heterocycles. The Kier molecular flexibility index (Phi) is 1.92. The van der Waals surface area contributed by atoms with E-state index in [4.69, 9.17) is 0 Å². The van der Waals surface area contributed by atoms with Gasteiger partial charge in [0.25, 0.3) is 5.91 Å². The molecular formula is C9H7FN2O2. The molecule has 0 atom stereocenters. The predicted octanol–water partition coefficient (Wildman–Crippen LogP) is 0.508. The average Bonchev–Trinajstić information content (AvgIpc) is 2.29. The molecule has 14 heavy (non-hydrogen) atoms. The maximum atomic E-state index is 12.8. The maximum absolute atomic E-state index is 12.8. The molecule has 72 valence electrons. The number of hydrogen-bond acceptors (Lipinski definition) is 2. The number of benzene rings is 1. The van der Waals surface area contributed by atoms with Gasteiger partial charge in [-0.25, -0.2) is 4.39 Å². The molecule has 1 heterocycles. The Morgan fingerprint density at radius 3 is 2.86 bits per heavy atom. The summed E-state index contributed by atoms with van der Waals surface area (Å²) in [5.41, 5.74) is 0.488. The van der Waals surface area contributed by atoms with E-state index in [0.29, 0.717) is 5.69 Å². The summed E-state index contributed by atoms with van der Waals surface area (Å²) < 4.78 is 12.8. The molecule has 5 heteroatoms. The van der Waals surface area contributed by atoms with Gasteiger partial charge in [0, 0.05) is 0 Å². The zero-order valence-corrected chi connectivity index (χ0v) is 7.13. The third-order valence-corrected chi connectivity index (χ3v) is 1.91. The van der Waals surface area contributed by atoms with Gasteiger partial charge < -0.3 is 10.6 Å². The zero-order valence-electron chi connectivity index (χ0n) is 7.13. The number of amides is 2. The molecule has 0 saturated heterocycles. The second-order valence-electron chi connectivity index (χ2n) is 2.92. The molecule has 4 nitrogen and oxygen atoms in total. The monoisotopic (exact) mass is 194 g/mol. The highest BCUT2D eigenvalue weighted by atomic mass is 19.1. The van der Waals surface area contributed by atoms with Crippen molar-refractivity contribution in [2.75, 3.05) is 11.9 Å². The minimum Gasteiger partial charge on any atom is -0.343 e. The van der Waals surface area contributed by atoms with Crippen LogP contribution in [0.25, 0.3) is 0 Å². The van der Waals surface area contributed by atoms with Gasteiger partial charge in [0.2, 0.25) is 5.91 Å². The van der Waals surface area contributed by atoms with Crippen molar-refractivity contribution in [3.63, 3.8) is 0 Å². The summed E-state index contributed by atoms with van der Waals surface area (Å²) in [6, 6.07) is 3.65. The van der Waals surface area contributed by atoms with E-state index in [1.807, 2.05) is 0 Å². The maximum Gasteiger partial charge on any atom is 0.253 e. The third kappa shape index (κ3) is 1.44. The molecule has 0 bridgehead atoms. The number of anilines is 1. The minimum atomic E-state index is -0.505. The second-order valence-corrected chi connectivity index (χ2v) is 2.92. The van der Waals surface area contributed by atoms with Crippen molar-refractivity contribution in [1.82, 2.24) is 5.32 Å². The van der Waals surface area contributed by atoms with Crippen molar-refractivity contribution in [1.29, 1.82) is 0 Å². The van der Waals surface area contributed by atoms with Gasteiger partial charge in [-0.3, -0.25) is 9.59 Å². The van der Waals surface area contributed by atoms with Gasteiger partial charge in [0.05, 0.1) is 17.8 Å². The van der Waals surface area contributed by atoms with E-state index in [1.165, 1.54) is 12.1 Å². The minimum absolute atomic E-state index is 0.0882. The van der Waals surface area contributed by atoms with Gasteiger partial charge in [-0.1, -0.05) is 0 Å². The normalized spacial score (nSPS) is 15.2. The molecule has 2 amide bonds. The number of fused-ring (bicyclic) bond motifs is 1. The highest BCUT2D eigenvalue weighted by Gasteiger charge is 2.18. The molecule has 0 spiro atoms. The number of rotatable bonds is 0. The van der Waals surface area contributed by atoms with Crippen molar-refractivity contribution in [3.05, 3.63) is 29.6 Å². The van der Waals surface area contributed by atoms with Gasteiger partial charge in [-0.05, 0) is 18.2 Å². The highest BCUT2D eigenvalue weighted by molar-refractivity contribution is 6.08. The molecule has 0 saturated carbocycles. The predicted molar refractivity (Wildman–Crippen MR) is 47.4 cm³/mol. The summed E-state index contributed by atoms with van der Waals surface area (Å²) in [5, 5.41) is 4.85. The molecule has 0 fully saturated rings. The van der Waals surface area contributed by atoms with Crippen LogP contribution in [-0.2, 0) is 4.79 Å². The van der Waals surface area contributed by atoms with Crippen LogP contribution in [0.4, 0.5) is 10.1 Å². The topological polar surface area (TPSA) is 58.2 Å². The van der Waals surface area contributed by atoms with E-state index < -0.39 is 11.7 Å². The number of halogens is 1. The van der Waals surface area contributed by atoms with Crippen LogP contribution in [0.5, 0.6) is 0 Å². The van der Waals surface area contributed by atoms with E-state index in [1.54, 1.807) is 0 Å². The number of carbonyl (C=O) groups excluding carboxylic acids is 2.